The highest BCUT2D eigenvalue weighted by Gasteiger charge is 2.16. The zero-order chi connectivity index (χ0) is 20.1. The van der Waals surface area contributed by atoms with Gasteiger partial charge < -0.3 is 10.1 Å². The van der Waals surface area contributed by atoms with Gasteiger partial charge in [0.1, 0.15) is 12.4 Å². The Morgan fingerprint density at radius 3 is 2.54 bits per heavy atom. The van der Waals surface area contributed by atoms with Crippen molar-refractivity contribution in [1.82, 2.24) is 0 Å². The molecule has 0 radical (unpaired) electrons. The van der Waals surface area contributed by atoms with Crippen molar-refractivity contribution in [2.24, 2.45) is 0 Å². The first-order valence-electron chi connectivity index (χ1n) is 8.46. The molecule has 0 aliphatic carbocycles. The smallest absolute Gasteiger partial charge is 0.270 e. The molecule has 1 amide bonds. The number of nitrogens with zero attached hydrogens (tertiary/aromatic N) is 1. The number of amides is 1. The lowest BCUT2D eigenvalue weighted by Gasteiger charge is -2.14. The van der Waals surface area contributed by atoms with E-state index in [1.54, 1.807) is 6.07 Å². The first-order chi connectivity index (χ1) is 13.4. The molecular formula is C21H17ClN2O4. The molecule has 0 aliphatic rings. The van der Waals surface area contributed by atoms with Crippen molar-refractivity contribution < 1.29 is 14.5 Å². The van der Waals surface area contributed by atoms with Crippen molar-refractivity contribution in [1.29, 1.82) is 0 Å². The van der Waals surface area contributed by atoms with Crippen LogP contribution in [0.5, 0.6) is 5.75 Å². The number of anilines is 1. The highest BCUT2D eigenvalue weighted by atomic mass is 35.5. The number of carbonyl (C=O) groups is 1. The topological polar surface area (TPSA) is 81.5 Å². The Balaban J connectivity index is 1.80. The Hall–Kier alpha value is -3.38. The third-order valence-corrected chi connectivity index (χ3v) is 4.34. The standard InChI is InChI=1S/C21H17ClN2O4/c1-14-7-10-19(20(11-14)28-13-15-5-3-2-4-6-15)23-21(25)17-9-8-16(24(26)27)12-18(17)22/h2-12H,13H2,1H3,(H,23,25). The van der Waals surface area contributed by atoms with E-state index in [4.69, 9.17) is 16.3 Å². The van der Waals surface area contributed by atoms with E-state index in [0.717, 1.165) is 17.2 Å². The monoisotopic (exact) mass is 396 g/mol. The molecule has 3 rings (SSSR count). The van der Waals surface area contributed by atoms with Crippen molar-refractivity contribution in [3.8, 4) is 5.75 Å². The lowest BCUT2D eigenvalue weighted by molar-refractivity contribution is -0.384. The van der Waals surface area contributed by atoms with Crippen molar-refractivity contribution in [3.05, 3.63) is 98.6 Å². The summed E-state index contributed by atoms with van der Waals surface area (Å²) in [6.07, 6.45) is 0. The van der Waals surface area contributed by atoms with Gasteiger partial charge in [-0.05, 0) is 36.2 Å². The molecule has 0 saturated heterocycles. The fourth-order valence-corrected chi connectivity index (χ4v) is 2.84. The molecule has 0 bridgehead atoms. The SMILES string of the molecule is Cc1ccc(NC(=O)c2ccc([N+](=O)[O-])cc2Cl)c(OCc2ccccc2)c1. The normalized spacial score (nSPS) is 10.4. The van der Waals surface area contributed by atoms with Crippen LogP contribution in [0.3, 0.4) is 0 Å². The van der Waals surface area contributed by atoms with Crippen LogP contribution in [0.4, 0.5) is 11.4 Å². The van der Waals surface area contributed by atoms with Crippen LogP contribution in [0.15, 0.2) is 66.7 Å². The summed E-state index contributed by atoms with van der Waals surface area (Å²) in [6, 6.07) is 18.8. The average molecular weight is 397 g/mol. The Kier molecular flexibility index (Phi) is 5.91. The Bertz CT molecular complexity index is 1020. The molecule has 7 heteroatoms. The molecule has 142 valence electrons. The zero-order valence-electron chi connectivity index (χ0n) is 15.0. The number of non-ortho nitro benzene ring substituents is 1. The van der Waals surface area contributed by atoms with Crippen molar-refractivity contribution in [2.75, 3.05) is 5.32 Å². The van der Waals surface area contributed by atoms with Gasteiger partial charge >= 0.3 is 0 Å². The summed E-state index contributed by atoms with van der Waals surface area (Å²) in [5.41, 5.74) is 2.43. The summed E-state index contributed by atoms with van der Waals surface area (Å²) >= 11 is 6.04. The van der Waals surface area contributed by atoms with Gasteiger partial charge in [0.25, 0.3) is 11.6 Å². The molecule has 0 fully saturated rings. The second kappa shape index (κ2) is 8.54. The number of nitro groups is 1. The van der Waals surface area contributed by atoms with Gasteiger partial charge in [-0.15, -0.1) is 0 Å². The maximum absolute atomic E-state index is 12.6. The van der Waals surface area contributed by atoms with Crippen molar-refractivity contribution in [3.63, 3.8) is 0 Å². The molecule has 6 nitrogen and oxygen atoms in total. The van der Waals surface area contributed by atoms with Gasteiger partial charge in [-0.25, -0.2) is 0 Å². The summed E-state index contributed by atoms with van der Waals surface area (Å²) in [4.78, 5) is 22.9. The minimum absolute atomic E-state index is 0.00515. The summed E-state index contributed by atoms with van der Waals surface area (Å²) in [7, 11) is 0. The van der Waals surface area contributed by atoms with Gasteiger partial charge in [0.2, 0.25) is 0 Å². The molecule has 0 atom stereocenters. The molecule has 3 aromatic rings. The number of hydrogen-bond acceptors (Lipinski definition) is 4. The number of nitro benzene ring substituents is 1. The van der Waals surface area contributed by atoms with Gasteiger partial charge in [0, 0.05) is 12.1 Å². The quantitative estimate of drug-likeness (QED) is 0.447. The minimum Gasteiger partial charge on any atom is -0.487 e. The lowest BCUT2D eigenvalue weighted by Crippen LogP contribution is -2.13. The molecule has 0 aliphatic heterocycles. The van der Waals surface area contributed by atoms with Crippen molar-refractivity contribution >= 4 is 28.9 Å². The second-order valence-corrected chi connectivity index (χ2v) is 6.56. The predicted octanol–water partition coefficient (Wildman–Crippen LogP) is 5.39. The molecule has 28 heavy (non-hydrogen) atoms. The fourth-order valence-electron chi connectivity index (χ4n) is 2.58. The van der Waals surface area contributed by atoms with Gasteiger partial charge in [-0.3, -0.25) is 14.9 Å². The molecular weight excluding hydrogens is 380 g/mol. The molecule has 0 heterocycles. The summed E-state index contributed by atoms with van der Waals surface area (Å²) < 4.78 is 5.88. The van der Waals surface area contributed by atoms with Crippen LogP contribution in [0, 0.1) is 17.0 Å². The van der Waals surface area contributed by atoms with Crippen LogP contribution in [0.1, 0.15) is 21.5 Å². The number of benzene rings is 3. The maximum atomic E-state index is 12.6. The summed E-state index contributed by atoms with van der Waals surface area (Å²) in [6.45, 7) is 2.28. The van der Waals surface area contributed by atoms with Crippen LogP contribution >= 0.6 is 11.6 Å². The number of rotatable bonds is 6. The molecule has 0 unspecified atom stereocenters. The van der Waals surface area contributed by atoms with Gasteiger partial charge in [-0.2, -0.15) is 0 Å². The number of carbonyl (C=O) groups excluding carboxylic acids is 1. The first-order valence-corrected chi connectivity index (χ1v) is 8.84. The lowest BCUT2D eigenvalue weighted by atomic mass is 10.1. The van der Waals surface area contributed by atoms with Crippen LogP contribution in [-0.4, -0.2) is 10.8 Å². The molecule has 0 aromatic heterocycles. The maximum Gasteiger partial charge on any atom is 0.270 e. The largest absolute Gasteiger partial charge is 0.487 e. The fraction of sp³-hybridized carbons (Fsp3) is 0.0952. The third-order valence-electron chi connectivity index (χ3n) is 4.03. The number of nitrogens with one attached hydrogen (secondary N) is 1. The zero-order valence-corrected chi connectivity index (χ0v) is 15.8. The second-order valence-electron chi connectivity index (χ2n) is 6.15. The van der Waals surface area contributed by atoms with Crippen molar-refractivity contribution in [2.45, 2.75) is 13.5 Å². The van der Waals surface area contributed by atoms with E-state index in [1.165, 1.54) is 12.1 Å². The Morgan fingerprint density at radius 1 is 1.11 bits per heavy atom. The predicted molar refractivity (Wildman–Crippen MR) is 108 cm³/mol. The molecule has 3 aromatic carbocycles. The number of ether oxygens (including phenoxy) is 1. The van der Waals surface area contributed by atoms with E-state index in [-0.39, 0.29) is 16.3 Å². The molecule has 0 saturated carbocycles. The van der Waals surface area contributed by atoms with E-state index in [9.17, 15) is 14.9 Å². The minimum atomic E-state index is -0.566. The molecule has 1 N–H and O–H groups in total. The Labute approximate surface area is 166 Å². The van der Waals surface area contributed by atoms with Crippen LogP contribution in [-0.2, 0) is 6.61 Å². The Morgan fingerprint density at radius 2 is 1.86 bits per heavy atom. The highest BCUT2D eigenvalue weighted by molar-refractivity contribution is 6.34. The van der Waals surface area contributed by atoms with Crippen LogP contribution in [0.2, 0.25) is 5.02 Å². The first kappa shape index (κ1) is 19.4. The highest BCUT2D eigenvalue weighted by Crippen LogP contribution is 2.29. The van der Waals surface area contributed by atoms with E-state index in [2.05, 4.69) is 5.32 Å². The van der Waals surface area contributed by atoms with Gasteiger partial charge in [-0.1, -0.05) is 48.0 Å². The van der Waals surface area contributed by atoms with Gasteiger partial charge in [0.05, 0.1) is 21.2 Å². The van der Waals surface area contributed by atoms with Gasteiger partial charge in [0.15, 0.2) is 0 Å². The molecule has 0 spiro atoms. The number of aryl methyl sites for hydroxylation is 1. The van der Waals surface area contributed by atoms with Crippen LogP contribution < -0.4 is 10.1 Å². The van der Waals surface area contributed by atoms with E-state index < -0.39 is 10.8 Å². The van der Waals surface area contributed by atoms with Crippen LogP contribution in [0.25, 0.3) is 0 Å². The number of hydrogen-bond donors (Lipinski definition) is 1. The average Bonchev–Trinajstić information content (AvgIpc) is 2.68. The van der Waals surface area contributed by atoms with E-state index in [1.807, 2.05) is 49.4 Å². The number of halogens is 1. The summed E-state index contributed by atoms with van der Waals surface area (Å²) in [5.74, 6) is 0.0450. The van der Waals surface area contributed by atoms with E-state index >= 15 is 0 Å². The van der Waals surface area contributed by atoms with E-state index in [0.29, 0.717) is 18.0 Å². The third kappa shape index (κ3) is 4.66. The summed E-state index contributed by atoms with van der Waals surface area (Å²) in [5, 5.41) is 13.6.